The van der Waals surface area contributed by atoms with Crippen LogP contribution in [0.2, 0.25) is 0 Å². The van der Waals surface area contributed by atoms with Gasteiger partial charge in [0.1, 0.15) is 0 Å². The third-order valence-electron chi connectivity index (χ3n) is 2.10. The van der Waals surface area contributed by atoms with Crippen molar-refractivity contribution in [2.45, 2.75) is 25.7 Å². The lowest BCUT2D eigenvalue weighted by atomic mass is 10.2. The fraction of sp³-hybridized carbons (Fsp3) is 0.417. The summed E-state index contributed by atoms with van der Waals surface area (Å²) in [5.41, 5.74) is 0.994. The molecule has 0 bridgehead atoms. The van der Waals surface area contributed by atoms with Crippen molar-refractivity contribution >= 4 is 12.2 Å². The summed E-state index contributed by atoms with van der Waals surface area (Å²) in [4.78, 5) is 18.5. The van der Waals surface area contributed by atoms with Gasteiger partial charge in [0.25, 0.3) is 0 Å². The van der Waals surface area contributed by atoms with Gasteiger partial charge in [-0.25, -0.2) is 0 Å². The van der Waals surface area contributed by atoms with Crippen molar-refractivity contribution in [2.24, 2.45) is 4.99 Å². The molecule has 0 amide bonds. The molecular formula is C12H16N2O2. The fourth-order valence-electron chi connectivity index (χ4n) is 1.28. The number of rotatable bonds is 7. The zero-order valence-electron chi connectivity index (χ0n) is 9.17. The summed E-state index contributed by atoms with van der Waals surface area (Å²) in [6.07, 6.45) is 8.12. The third kappa shape index (κ3) is 5.90. The first-order chi connectivity index (χ1) is 7.79. The molecule has 4 heteroatoms. The summed E-state index contributed by atoms with van der Waals surface area (Å²) in [5.74, 6) is -0.723. The SMILES string of the molecule is O=C(O)CCCCC/N=C/c1cccnc1. The highest BCUT2D eigenvalue weighted by Crippen LogP contribution is 2.00. The van der Waals surface area contributed by atoms with Crippen LogP contribution in [0.5, 0.6) is 0 Å². The first-order valence-electron chi connectivity index (χ1n) is 5.40. The minimum atomic E-state index is -0.723. The molecule has 4 nitrogen and oxygen atoms in total. The van der Waals surface area contributed by atoms with E-state index in [2.05, 4.69) is 9.98 Å². The quantitative estimate of drug-likeness (QED) is 0.565. The number of pyridine rings is 1. The monoisotopic (exact) mass is 220 g/mol. The minimum Gasteiger partial charge on any atom is -0.481 e. The first kappa shape index (κ1) is 12.4. The van der Waals surface area contributed by atoms with E-state index in [4.69, 9.17) is 5.11 Å². The molecule has 0 aliphatic rings. The molecule has 0 unspecified atom stereocenters. The molecular weight excluding hydrogens is 204 g/mol. The molecule has 86 valence electrons. The van der Waals surface area contributed by atoms with Gasteiger partial charge in [-0.05, 0) is 18.9 Å². The summed E-state index contributed by atoms with van der Waals surface area (Å²) < 4.78 is 0. The number of aromatic nitrogens is 1. The smallest absolute Gasteiger partial charge is 0.303 e. The Bertz CT molecular complexity index is 336. The molecule has 0 aliphatic carbocycles. The Morgan fingerprint density at radius 2 is 2.31 bits per heavy atom. The molecule has 1 aromatic heterocycles. The van der Waals surface area contributed by atoms with E-state index in [1.807, 2.05) is 12.1 Å². The number of nitrogens with zero attached hydrogens (tertiary/aromatic N) is 2. The van der Waals surface area contributed by atoms with Crippen LogP contribution in [0, 0.1) is 0 Å². The normalized spacial score (nSPS) is 10.8. The van der Waals surface area contributed by atoms with Crippen molar-refractivity contribution < 1.29 is 9.90 Å². The highest BCUT2D eigenvalue weighted by molar-refractivity contribution is 5.78. The van der Waals surface area contributed by atoms with Gasteiger partial charge < -0.3 is 5.11 Å². The maximum Gasteiger partial charge on any atom is 0.303 e. The van der Waals surface area contributed by atoms with E-state index < -0.39 is 5.97 Å². The molecule has 1 N–H and O–H groups in total. The van der Waals surface area contributed by atoms with Crippen LogP contribution in [0.3, 0.4) is 0 Å². The number of carbonyl (C=O) groups is 1. The molecule has 1 heterocycles. The topological polar surface area (TPSA) is 62.5 Å². The van der Waals surface area contributed by atoms with Crippen LogP contribution in [0.1, 0.15) is 31.2 Å². The van der Waals surface area contributed by atoms with Crippen LogP contribution >= 0.6 is 0 Å². The van der Waals surface area contributed by atoms with Crippen molar-refractivity contribution in [1.29, 1.82) is 0 Å². The molecule has 1 rings (SSSR count). The second-order valence-corrected chi connectivity index (χ2v) is 3.53. The molecule has 0 spiro atoms. The number of carboxylic acids is 1. The Morgan fingerprint density at radius 1 is 1.44 bits per heavy atom. The molecule has 1 aromatic rings. The first-order valence-corrected chi connectivity index (χ1v) is 5.40. The molecule has 0 radical (unpaired) electrons. The number of hydrogen-bond acceptors (Lipinski definition) is 3. The van der Waals surface area contributed by atoms with E-state index in [1.54, 1.807) is 18.6 Å². The van der Waals surface area contributed by atoms with Crippen LogP contribution in [0.15, 0.2) is 29.5 Å². The van der Waals surface area contributed by atoms with E-state index in [0.29, 0.717) is 0 Å². The largest absolute Gasteiger partial charge is 0.481 e. The second-order valence-electron chi connectivity index (χ2n) is 3.53. The van der Waals surface area contributed by atoms with Gasteiger partial charge in [-0.3, -0.25) is 14.8 Å². The number of unbranched alkanes of at least 4 members (excludes halogenated alkanes) is 2. The standard InChI is InChI=1S/C12H16N2O2/c15-12(16)6-2-1-3-7-13-9-11-5-4-8-14-10-11/h4-5,8-10H,1-3,6-7H2,(H,15,16)/b13-9+. The maximum atomic E-state index is 10.2. The molecule has 16 heavy (non-hydrogen) atoms. The Hall–Kier alpha value is -1.71. The van der Waals surface area contributed by atoms with E-state index in [1.165, 1.54) is 0 Å². The van der Waals surface area contributed by atoms with Gasteiger partial charge in [0.05, 0.1) is 0 Å². The summed E-state index contributed by atoms with van der Waals surface area (Å²) in [5, 5.41) is 8.43. The van der Waals surface area contributed by atoms with E-state index in [9.17, 15) is 4.79 Å². The van der Waals surface area contributed by atoms with Gasteiger partial charge >= 0.3 is 5.97 Å². The molecule has 0 fully saturated rings. The Labute approximate surface area is 95.1 Å². The lowest BCUT2D eigenvalue weighted by Gasteiger charge is -1.95. The Balaban J connectivity index is 2.07. The number of aliphatic carboxylic acids is 1. The molecule has 0 saturated carbocycles. The van der Waals surface area contributed by atoms with Crippen molar-refractivity contribution in [3.05, 3.63) is 30.1 Å². The van der Waals surface area contributed by atoms with Crippen LogP contribution in [-0.2, 0) is 4.79 Å². The Kier molecular flexibility index (Phi) is 5.84. The van der Waals surface area contributed by atoms with Crippen LogP contribution in [0.4, 0.5) is 0 Å². The van der Waals surface area contributed by atoms with Gasteiger partial charge in [0, 0.05) is 37.1 Å². The number of hydrogen-bond donors (Lipinski definition) is 1. The lowest BCUT2D eigenvalue weighted by molar-refractivity contribution is -0.137. The summed E-state index contributed by atoms with van der Waals surface area (Å²) in [7, 11) is 0. The van der Waals surface area contributed by atoms with Gasteiger partial charge in [-0.15, -0.1) is 0 Å². The average molecular weight is 220 g/mol. The van der Waals surface area contributed by atoms with Crippen molar-refractivity contribution in [3.63, 3.8) is 0 Å². The number of carboxylic acid groups (broad SMARTS) is 1. The predicted octanol–water partition coefficient (Wildman–Crippen LogP) is 2.15. The van der Waals surface area contributed by atoms with Gasteiger partial charge in [-0.1, -0.05) is 12.5 Å². The highest BCUT2D eigenvalue weighted by atomic mass is 16.4. The second kappa shape index (κ2) is 7.56. The van der Waals surface area contributed by atoms with Gasteiger partial charge in [-0.2, -0.15) is 0 Å². The van der Waals surface area contributed by atoms with E-state index in [0.717, 1.165) is 31.4 Å². The molecule has 0 saturated heterocycles. The predicted molar refractivity (Wildman–Crippen MR) is 62.8 cm³/mol. The maximum absolute atomic E-state index is 10.2. The minimum absolute atomic E-state index is 0.256. The third-order valence-corrected chi connectivity index (χ3v) is 2.10. The molecule has 0 aromatic carbocycles. The van der Waals surface area contributed by atoms with Crippen LogP contribution in [0.25, 0.3) is 0 Å². The molecule has 0 aliphatic heterocycles. The average Bonchev–Trinajstić information content (AvgIpc) is 2.29. The lowest BCUT2D eigenvalue weighted by Crippen LogP contribution is -1.94. The number of aliphatic imine (C=N–C) groups is 1. The summed E-state index contributed by atoms with van der Waals surface area (Å²) in [6.45, 7) is 0.745. The summed E-state index contributed by atoms with van der Waals surface area (Å²) >= 11 is 0. The zero-order valence-corrected chi connectivity index (χ0v) is 9.17. The summed E-state index contributed by atoms with van der Waals surface area (Å²) in [6, 6.07) is 3.81. The fourth-order valence-corrected chi connectivity index (χ4v) is 1.28. The Morgan fingerprint density at radius 3 is 3.00 bits per heavy atom. The van der Waals surface area contributed by atoms with Crippen molar-refractivity contribution in [1.82, 2.24) is 4.98 Å². The highest BCUT2D eigenvalue weighted by Gasteiger charge is 1.95. The van der Waals surface area contributed by atoms with Gasteiger partial charge in [0.15, 0.2) is 0 Å². The van der Waals surface area contributed by atoms with Crippen molar-refractivity contribution in [2.75, 3.05) is 6.54 Å². The van der Waals surface area contributed by atoms with Crippen molar-refractivity contribution in [3.8, 4) is 0 Å². The van der Waals surface area contributed by atoms with E-state index >= 15 is 0 Å². The molecule has 0 atom stereocenters. The zero-order chi connectivity index (χ0) is 11.6. The van der Waals surface area contributed by atoms with Crippen LogP contribution in [-0.4, -0.2) is 28.8 Å². The van der Waals surface area contributed by atoms with Crippen LogP contribution < -0.4 is 0 Å². The van der Waals surface area contributed by atoms with Gasteiger partial charge in [0.2, 0.25) is 0 Å². The van der Waals surface area contributed by atoms with E-state index in [-0.39, 0.29) is 6.42 Å².